The highest BCUT2D eigenvalue weighted by atomic mass is 79.9. The van der Waals surface area contributed by atoms with Crippen LogP contribution in [0.15, 0.2) is 21.3 Å². The molecule has 2 aromatic heterocycles. The van der Waals surface area contributed by atoms with Crippen molar-refractivity contribution in [1.29, 1.82) is 0 Å². The van der Waals surface area contributed by atoms with Crippen molar-refractivity contribution in [2.24, 2.45) is 0 Å². The van der Waals surface area contributed by atoms with Crippen molar-refractivity contribution in [3.63, 3.8) is 0 Å². The Balaban J connectivity index is 1.75. The van der Waals surface area contributed by atoms with Gasteiger partial charge in [-0.2, -0.15) is 0 Å². The molecule has 0 aromatic carbocycles. The number of hydrogen-bond donors (Lipinski definition) is 1. The first kappa shape index (κ1) is 16.1. The number of carbonyl (C=O) groups is 1. The lowest BCUT2D eigenvalue weighted by Crippen LogP contribution is -2.47. The summed E-state index contributed by atoms with van der Waals surface area (Å²) in [6, 6.07) is 1.95. The molecule has 9 heteroatoms. The minimum atomic E-state index is -3.05. The van der Waals surface area contributed by atoms with Gasteiger partial charge in [-0.3, -0.25) is 4.79 Å². The monoisotopic (exact) mass is 420 g/mol. The van der Waals surface area contributed by atoms with Crippen LogP contribution in [0, 0.1) is 0 Å². The van der Waals surface area contributed by atoms with Gasteiger partial charge in [-0.25, -0.2) is 13.4 Å². The molecule has 0 bridgehead atoms. The number of sulfone groups is 1. The predicted molar refractivity (Wildman–Crippen MR) is 92.3 cm³/mol. The van der Waals surface area contributed by atoms with Gasteiger partial charge in [0.05, 0.1) is 21.9 Å². The maximum Gasteiger partial charge on any atom is 0.271 e. The lowest BCUT2D eigenvalue weighted by atomic mass is 10.0. The third-order valence-corrected chi connectivity index (χ3v) is 8.04. The molecule has 5 nitrogen and oxygen atoms in total. The summed E-state index contributed by atoms with van der Waals surface area (Å²) in [7, 11) is -3.05. The Kier molecular flexibility index (Phi) is 4.17. The van der Waals surface area contributed by atoms with E-state index < -0.39 is 15.4 Å². The maximum absolute atomic E-state index is 12.3. The molecule has 1 aliphatic heterocycles. The Morgan fingerprint density at radius 2 is 2.18 bits per heavy atom. The summed E-state index contributed by atoms with van der Waals surface area (Å²) < 4.78 is 24.2. The molecule has 1 amide bonds. The van der Waals surface area contributed by atoms with Crippen LogP contribution in [0.5, 0.6) is 0 Å². The number of halogens is 1. The molecule has 1 saturated heterocycles. The van der Waals surface area contributed by atoms with Crippen LogP contribution in [-0.4, -0.2) is 36.4 Å². The third kappa shape index (κ3) is 3.42. The second-order valence-corrected chi connectivity index (χ2v) is 10.4. The molecule has 3 rings (SSSR count). The number of aromatic nitrogens is 1. The fourth-order valence-electron chi connectivity index (χ4n) is 2.36. The van der Waals surface area contributed by atoms with E-state index in [0.29, 0.717) is 12.1 Å². The first-order chi connectivity index (χ1) is 10.3. The molecule has 118 valence electrons. The molecular formula is C13H13BrN2O3S3. The number of hydrogen-bond acceptors (Lipinski definition) is 6. The van der Waals surface area contributed by atoms with E-state index in [9.17, 15) is 13.2 Å². The number of nitrogens with zero attached hydrogens (tertiary/aromatic N) is 1. The van der Waals surface area contributed by atoms with Crippen LogP contribution in [-0.2, 0) is 9.84 Å². The zero-order valence-electron chi connectivity index (χ0n) is 11.6. The quantitative estimate of drug-likeness (QED) is 0.827. The molecule has 3 heterocycles. The fraction of sp³-hybridized carbons (Fsp3) is 0.385. The van der Waals surface area contributed by atoms with Gasteiger partial charge in [-0.05, 0) is 35.3 Å². The Labute approximate surface area is 144 Å². The van der Waals surface area contributed by atoms with Crippen LogP contribution in [0.1, 0.15) is 23.8 Å². The van der Waals surface area contributed by atoms with E-state index >= 15 is 0 Å². The summed E-state index contributed by atoms with van der Waals surface area (Å²) in [4.78, 5) is 17.6. The predicted octanol–water partition coefficient (Wildman–Crippen LogP) is 2.94. The molecule has 0 radical (unpaired) electrons. The fourth-order valence-corrected chi connectivity index (χ4v) is 6.76. The zero-order valence-corrected chi connectivity index (χ0v) is 15.7. The normalized spacial score (nSPS) is 23.5. The second kappa shape index (κ2) is 5.70. The van der Waals surface area contributed by atoms with Gasteiger partial charge >= 0.3 is 0 Å². The van der Waals surface area contributed by atoms with E-state index in [2.05, 4.69) is 26.2 Å². The Hall–Kier alpha value is -0.770. The average molecular weight is 421 g/mol. The minimum absolute atomic E-state index is 0.0133. The topological polar surface area (TPSA) is 76.1 Å². The number of thiazole rings is 1. The molecule has 1 N–H and O–H groups in total. The molecular weight excluding hydrogens is 408 g/mol. The first-order valence-electron chi connectivity index (χ1n) is 6.49. The average Bonchev–Trinajstić information content (AvgIpc) is 3.08. The molecule has 2 aromatic rings. The highest BCUT2D eigenvalue weighted by Gasteiger charge is 2.39. The van der Waals surface area contributed by atoms with Crippen LogP contribution >= 0.6 is 38.6 Å². The standard InChI is InChI=1S/C13H13BrN2O3S3/c1-13(2-3-22(18,19)7-13)16-11(17)9-6-21-12(15-9)10-4-8(14)5-20-10/h4-6H,2-3,7H2,1H3,(H,16,17). The van der Waals surface area contributed by atoms with E-state index in [4.69, 9.17) is 0 Å². The molecule has 0 aliphatic carbocycles. The lowest BCUT2D eigenvalue weighted by molar-refractivity contribution is 0.0911. The van der Waals surface area contributed by atoms with Crippen molar-refractivity contribution < 1.29 is 13.2 Å². The number of nitrogens with one attached hydrogen (secondary N) is 1. The smallest absolute Gasteiger partial charge is 0.271 e. The van der Waals surface area contributed by atoms with Gasteiger partial charge in [0, 0.05) is 15.2 Å². The van der Waals surface area contributed by atoms with E-state index in [1.807, 2.05) is 11.4 Å². The highest BCUT2D eigenvalue weighted by Crippen LogP contribution is 2.32. The largest absolute Gasteiger partial charge is 0.344 e. The molecule has 1 unspecified atom stereocenters. The minimum Gasteiger partial charge on any atom is -0.344 e. The van der Waals surface area contributed by atoms with Gasteiger partial charge < -0.3 is 5.32 Å². The van der Waals surface area contributed by atoms with E-state index in [1.54, 1.807) is 23.6 Å². The van der Waals surface area contributed by atoms with Crippen molar-refractivity contribution in [3.8, 4) is 9.88 Å². The van der Waals surface area contributed by atoms with Gasteiger partial charge in [0.15, 0.2) is 9.84 Å². The zero-order chi connectivity index (χ0) is 16.0. The number of carbonyl (C=O) groups excluding carboxylic acids is 1. The van der Waals surface area contributed by atoms with Crippen molar-refractivity contribution in [1.82, 2.24) is 10.3 Å². The summed E-state index contributed by atoms with van der Waals surface area (Å²) in [5.74, 6) is -0.214. The molecule has 0 saturated carbocycles. The summed E-state index contributed by atoms with van der Waals surface area (Å²) in [6.07, 6.45) is 0.440. The molecule has 0 spiro atoms. The van der Waals surface area contributed by atoms with Gasteiger partial charge in [0.25, 0.3) is 5.91 Å². The SMILES string of the molecule is CC1(NC(=O)c2csc(-c3cc(Br)cs3)n2)CCS(=O)(=O)C1. The van der Waals surface area contributed by atoms with Crippen LogP contribution in [0.3, 0.4) is 0 Å². The second-order valence-electron chi connectivity index (χ2n) is 5.52. The maximum atomic E-state index is 12.3. The highest BCUT2D eigenvalue weighted by molar-refractivity contribution is 9.10. The van der Waals surface area contributed by atoms with Gasteiger partial charge in [-0.1, -0.05) is 0 Å². The van der Waals surface area contributed by atoms with Crippen LogP contribution in [0.2, 0.25) is 0 Å². The molecule has 1 aliphatic rings. The Bertz CT molecular complexity index is 827. The van der Waals surface area contributed by atoms with E-state index in [1.165, 1.54) is 11.3 Å². The molecule has 1 atom stereocenters. The molecule has 22 heavy (non-hydrogen) atoms. The van der Waals surface area contributed by atoms with Gasteiger partial charge in [0.2, 0.25) is 0 Å². The Morgan fingerprint density at radius 1 is 1.41 bits per heavy atom. The van der Waals surface area contributed by atoms with Crippen molar-refractivity contribution in [3.05, 3.63) is 27.0 Å². The van der Waals surface area contributed by atoms with Crippen molar-refractivity contribution in [2.75, 3.05) is 11.5 Å². The van der Waals surface area contributed by atoms with Gasteiger partial charge in [0.1, 0.15) is 10.7 Å². The summed E-state index contributed by atoms with van der Waals surface area (Å²) >= 11 is 6.34. The van der Waals surface area contributed by atoms with Crippen molar-refractivity contribution >= 4 is 54.3 Å². The summed E-state index contributed by atoms with van der Waals surface area (Å²) in [5.41, 5.74) is -0.374. The van der Waals surface area contributed by atoms with Crippen LogP contribution < -0.4 is 5.32 Å². The van der Waals surface area contributed by atoms with Gasteiger partial charge in [-0.15, -0.1) is 22.7 Å². The Morgan fingerprint density at radius 3 is 2.77 bits per heavy atom. The van der Waals surface area contributed by atoms with Crippen LogP contribution in [0.4, 0.5) is 0 Å². The number of amides is 1. The lowest BCUT2D eigenvalue weighted by Gasteiger charge is -2.23. The summed E-state index contributed by atoms with van der Waals surface area (Å²) in [6.45, 7) is 1.76. The van der Waals surface area contributed by atoms with Crippen LogP contribution in [0.25, 0.3) is 9.88 Å². The van der Waals surface area contributed by atoms with E-state index in [-0.39, 0.29) is 17.4 Å². The number of rotatable bonds is 3. The van der Waals surface area contributed by atoms with Crippen molar-refractivity contribution in [2.45, 2.75) is 18.9 Å². The molecule has 1 fully saturated rings. The van der Waals surface area contributed by atoms with E-state index in [0.717, 1.165) is 14.4 Å². The first-order valence-corrected chi connectivity index (χ1v) is 10.9. The third-order valence-electron chi connectivity index (χ3n) is 3.43. The number of thiophene rings is 1. The summed E-state index contributed by atoms with van der Waals surface area (Å²) in [5, 5.41) is 7.26.